The number of likely N-dealkylation sites (tertiary alicyclic amines) is 1. The Morgan fingerprint density at radius 1 is 1.25 bits per heavy atom. The molecule has 1 saturated heterocycles. The number of carbonyl (C=O) groups excluding carboxylic acids is 2. The Kier molecular flexibility index (Phi) is 7.25. The summed E-state index contributed by atoms with van der Waals surface area (Å²) in [5.74, 6) is 0.0449. The van der Waals surface area contributed by atoms with Crippen LogP contribution >= 0.6 is 0 Å². The summed E-state index contributed by atoms with van der Waals surface area (Å²) >= 11 is 0. The molecule has 0 radical (unpaired) electrons. The lowest BCUT2D eigenvalue weighted by molar-refractivity contribution is -0.142. The molecule has 1 N–H and O–H groups in total. The third-order valence-electron chi connectivity index (χ3n) is 4.46. The molecule has 1 aliphatic heterocycles. The van der Waals surface area contributed by atoms with Crippen molar-refractivity contribution in [1.82, 2.24) is 10.2 Å². The van der Waals surface area contributed by atoms with E-state index in [4.69, 9.17) is 4.74 Å². The number of piperidine rings is 1. The molecule has 1 fully saturated rings. The standard InChI is InChI=1S/C19H28N2O3/c1-3-8-18(22)21-12-7-6-11-17(21)19(23)20-13-15-9-4-5-10-16(15)14-24-2/h4-5,9-10,17H,3,6-8,11-14H2,1-2H3,(H,20,23)/t17-/m1/s1. The van der Waals surface area contributed by atoms with Gasteiger partial charge < -0.3 is 15.0 Å². The first-order valence-corrected chi connectivity index (χ1v) is 8.80. The van der Waals surface area contributed by atoms with E-state index in [1.165, 1.54) is 0 Å². The highest BCUT2D eigenvalue weighted by atomic mass is 16.5. The first kappa shape index (κ1) is 18.5. The fourth-order valence-corrected chi connectivity index (χ4v) is 3.19. The van der Waals surface area contributed by atoms with Crippen LogP contribution in [0.15, 0.2) is 24.3 Å². The number of carbonyl (C=O) groups is 2. The van der Waals surface area contributed by atoms with Gasteiger partial charge in [0, 0.05) is 26.6 Å². The first-order chi connectivity index (χ1) is 11.7. The lowest BCUT2D eigenvalue weighted by atomic mass is 10.00. The second kappa shape index (κ2) is 9.42. The van der Waals surface area contributed by atoms with Crippen molar-refractivity contribution in [1.29, 1.82) is 0 Å². The van der Waals surface area contributed by atoms with E-state index in [-0.39, 0.29) is 17.9 Å². The monoisotopic (exact) mass is 332 g/mol. The molecule has 0 aromatic heterocycles. The Bertz CT molecular complexity index is 559. The highest BCUT2D eigenvalue weighted by molar-refractivity contribution is 5.87. The molecule has 2 amide bonds. The molecule has 1 atom stereocenters. The number of methoxy groups -OCH3 is 1. The van der Waals surface area contributed by atoms with Crippen molar-refractivity contribution in [3.63, 3.8) is 0 Å². The van der Waals surface area contributed by atoms with Crippen LogP contribution in [0, 0.1) is 0 Å². The highest BCUT2D eigenvalue weighted by Gasteiger charge is 2.31. The Morgan fingerprint density at radius 3 is 2.71 bits per heavy atom. The minimum Gasteiger partial charge on any atom is -0.380 e. The third kappa shape index (κ3) is 4.81. The van der Waals surface area contributed by atoms with E-state index in [1.807, 2.05) is 31.2 Å². The Labute approximate surface area is 144 Å². The van der Waals surface area contributed by atoms with E-state index >= 15 is 0 Å². The lowest BCUT2D eigenvalue weighted by Crippen LogP contribution is -2.51. The molecular weight excluding hydrogens is 304 g/mol. The summed E-state index contributed by atoms with van der Waals surface area (Å²) in [5.41, 5.74) is 2.12. The number of nitrogens with one attached hydrogen (secondary N) is 1. The summed E-state index contributed by atoms with van der Waals surface area (Å²) < 4.78 is 5.20. The number of hydrogen-bond donors (Lipinski definition) is 1. The summed E-state index contributed by atoms with van der Waals surface area (Å²) in [4.78, 5) is 26.6. The van der Waals surface area contributed by atoms with Crippen LogP contribution in [0.4, 0.5) is 0 Å². The Hall–Kier alpha value is -1.88. The average molecular weight is 332 g/mol. The van der Waals surface area contributed by atoms with Crippen molar-refractivity contribution in [2.24, 2.45) is 0 Å². The largest absolute Gasteiger partial charge is 0.380 e. The molecule has 0 aliphatic carbocycles. The maximum atomic E-state index is 12.6. The first-order valence-electron chi connectivity index (χ1n) is 8.80. The van der Waals surface area contributed by atoms with Gasteiger partial charge in [0.05, 0.1) is 6.61 Å². The van der Waals surface area contributed by atoms with Crippen LogP contribution in [0.25, 0.3) is 0 Å². The molecule has 1 aromatic rings. The third-order valence-corrected chi connectivity index (χ3v) is 4.46. The molecule has 132 valence electrons. The smallest absolute Gasteiger partial charge is 0.243 e. The predicted octanol–water partition coefficient (Wildman–Crippen LogP) is 2.63. The fraction of sp³-hybridized carbons (Fsp3) is 0.579. The summed E-state index contributed by atoms with van der Waals surface area (Å²) in [5, 5.41) is 3.01. The minimum atomic E-state index is -0.326. The van der Waals surface area contributed by atoms with Crippen molar-refractivity contribution in [2.75, 3.05) is 13.7 Å². The number of nitrogens with zero attached hydrogens (tertiary/aromatic N) is 1. The Morgan fingerprint density at radius 2 is 2.00 bits per heavy atom. The van der Waals surface area contributed by atoms with E-state index in [2.05, 4.69) is 5.32 Å². The summed E-state index contributed by atoms with van der Waals surface area (Å²) in [6.45, 7) is 3.67. The normalized spacial score (nSPS) is 17.6. The van der Waals surface area contributed by atoms with E-state index < -0.39 is 0 Å². The van der Waals surface area contributed by atoms with Gasteiger partial charge in [-0.1, -0.05) is 31.2 Å². The van der Waals surface area contributed by atoms with Gasteiger partial charge in [-0.15, -0.1) is 0 Å². The summed E-state index contributed by atoms with van der Waals surface area (Å²) in [6.07, 6.45) is 4.06. The molecule has 5 heteroatoms. The molecular formula is C19H28N2O3. The predicted molar refractivity (Wildman–Crippen MR) is 93.3 cm³/mol. The van der Waals surface area contributed by atoms with Crippen molar-refractivity contribution in [3.8, 4) is 0 Å². The van der Waals surface area contributed by atoms with Gasteiger partial charge in [-0.25, -0.2) is 0 Å². The summed E-state index contributed by atoms with van der Waals surface area (Å²) in [7, 11) is 1.66. The number of amides is 2. The van der Waals surface area contributed by atoms with Crippen LogP contribution in [0.2, 0.25) is 0 Å². The minimum absolute atomic E-state index is 0.0497. The molecule has 1 aliphatic rings. The quantitative estimate of drug-likeness (QED) is 0.835. The second-order valence-electron chi connectivity index (χ2n) is 6.27. The van der Waals surface area contributed by atoms with E-state index in [0.29, 0.717) is 26.1 Å². The molecule has 0 bridgehead atoms. The van der Waals surface area contributed by atoms with Crippen molar-refractivity contribution in [2.45, 2.75) is 58.2 Å². The molecule has 1 aromatic carbocycles. The molecule has 2 rings (SSSR count). The zero-order chi connectivity index (χ0) is 17.4. The van der Waals surface area contributed by atoms with Crippen molar-refractivity contribution >= 4 is 11.8 Å². The lowest BCUT2D eigenvalue weighted by Gasteiger charge is -2.34. The maximum Gasteiger partial charge on any atom is 0.243 e. The zero-order valence-electron chi connectivity index (χ0n) is 14.7. The van der Waals surface area contributed by atoms with Gasteiger partial charge >= 0.3 is 0 Å². The van der Waals surface area contributed by atoms with E-state index in [9.17, 15) is 9.59 Å². The molecule has 0 unspecified atom stereocenters. The van der Waals surface area contributed by atoms with Gasteiger partial charge in [0.2, 0.25) is 11.8 Å². The number of ether oxygens (including phenoxy) is 1. The number of benzene rings is 1. The SMILES string of the molecule is CCCC(=O)N1CCCC[C@@H]1C(=O)NCc1ccccc1COC. The van der Waals surface area contributed by atoms with Gasteiger partial charge in [-0.05, 0) is 36.8 Å². The second-order valence-corrected chi connectivity index (χ2v) is 6.27. The topological polar surface area (TPSA) is 58.6 Å². The highest BCUT2D eigenvalue weighted by Crippen LogP contribution is 2.19. The van der Waals surface area contributed by atoms with Crippen LogP contribution in [-0.4, -0.2) is 36.4 Å². The van der Waals surface area contributed by atoms with E-state index in [0.717, 1.165) is 36.8 Å². The summed E-state index contributed by atoms with van der Waals surface area (Å²) in [6, 6.07) is 7.59. The van der Waals surface area contributed by atoms with Gasteiger partial charge in [-0.2, -0.15) is 0 Å². The van der Waals surface area contributed by atoms with Crippen molar-refractivity contribution in [3.05, 3.63) is 35.4 Å². The Balaban J connectivity index is 1.99. The molecule has 0 saturated carbocycles. The van der Waals surface area contributed by atoms with Crippen LogP contribution in [0.3, 0.4) is 0 Å². The van der Waals surface area contributed by atoms with Gasteiger partial charge in [-0.3, -0.25) is 9.59 Å². The number of rotatable bonds is 7. The van der Waals surface area contributed by atoms with Gasteiger partial charge in [0.25, 0.3) is 0 Å². The molecule has 1 heterocycles. The average Bonchev–Trinajstić information content (AvgIpc) is 2.61. The maximum absolute atomic E-state index is 12.6. The van der Waals surface area contributed by atoms with Gasteiger partial charge in [0.1, 0.15) is 6.04 Å². The van der Waals surface area contributed by atoms with Crippen LogP contribution in [0.1, 0.15) is 50.2 Å². The van der Waals surface area contributed by atoms with Crippen LogP contribution in [-0.2, 0) is 27.5 Å². The van der Waals surface area contributed by atoms with Crippen LogP contribution < -0.4 is 5.32 Å². The van der Waals surface area contributed by atoms with Gasteiger partial charge in [0.15, 0.2) is 0 Å². The molecule has 5 nitrogen and oxygen atoms in total. The number of hydrogen-bond acceptors (Lipinski definition) is 3. The molecule has 24 heavy (non-hydrogen) atoms. The van der Waals surface area contributed by atoms with E-state index in [1.54, 1.807) is 12.0 Å². The van der Waals surface area contributed by atoms with Crippen molar-refractivity contribution < 1.29 is 14.3 Å². The zero-order valence-corrected chi connectivity index (χ0v) is 14.7. The molecule has 0 spiro atoms. The fourth-order valence-electron chi connectivity index (χ4n) is 3.19. The van der Waals surface area contributed by atoms with Crippen LogP contribution in [0.5, 0.6) is 0 Å².